The van der Waals surface area contributed by atoms with Gasteiger partial charge in [0, 0.05) is 26.0 Å². The van der Waals surface area contributed by atoms with Gasteiger partial charge in [-0.3, -0.25) is 9.99 Å². The minimum absolute atomic E-state index is 0.0440. The number of nitrogens with one attached hydrogen (secondary N) is 1. The van der Waals surface area contributed by atoms with Crippen LogP contribution >= 0.6 is 0 Å². The second-order valence-corrected chi connectivity index (χ2v) is 4.16. The van der Waals surface area contributed by atoms with E-state index in [-0.39, 0.29) is 24.4 Å². The van der Waals surface area contributed by atoms with Crippen molar-refractivity contribution in [3.63, 3.8) is 0 Å². The maximum atomic E-state index is 12.3. The van der Waals surface area contributed by atoms with E-state index in [9.17, 15) is 13.2 Å². The molecule has 2 rings (SSSR count). The number of alkyl halides is 3. The molecule has 0 saturated carbocycles. The molecule has 8 nitrogen and oxygen atoms in total. The Balaban J connectivity index is 2.24. The van der Waals surface area contributed by atoms with Crippen molar-refractivity contribution in [1.82, 2.24) is 24.5 Å². The number of rotatable bonds is 5. The molecule has 0 aliphatic heterocycles. The summed E-state index contributed by atoms with van der Waals surface area (Å²) in [7, 11) is 1.46. The van der Waals surface area contributed by atoms with E-state index in [1.165, 1.54) is 29.0 Å². The lowest BCUT2D eigenvalue weighted by Crippen LogP contribution is -2.27. The van der Waals surface area contributed by atoms with E-state index in [1.54, 1.807) is 6.20 Å². The molecule has 0 radical (unpaired) electrons. The number of nitrogen functional groups attached to an aromatic ring is 1. The highest BCUT2D eigenvalue weighted by molar-refractivity contribution is 5.38. The number of aromatic nitrogens is 5. The Kier molecular flexibility index (Phi) is 4.21. The molecule has 2 heterocycles. The highest BCUT2D eigenvalue weighted by Crippen LogP contribution is 2.21. The molecular weight excluding hydrogens is 289 g/mol. The van der Waals surface area contributed by atoms with Crippen LogP contribution in [0.25, 0.3) is 5.95 Å². The third kappa shape index (κ3) is 4.02. The van der Waals surface area contributed by atoms with E-state index in [2.05, 4.69) is 25.4 Å². The van der Waals surface area contributed by atoms with Gasteiger partial charge in [0.15, 0.2) is 0 Å². The summed E-state index contributed by atoms with van der Waals surface area (Å²) in [5.41, 5.74) is 2.25. The number of halogens is 3. The smallest absolute Gasteiger partial charge is 0.343 e. The fourth-order valence-corrected chi connectivity index (χ4v) is 1.48. The van der Waals surface area contributed by atoms with Crippen molar-refractivity contribution < 1.29 is 13.2 Å². The third-order valence-electron chi connectivity index (χ3n) is 2.55. The molecule has 0 aliphatic rings. The summed E-state index contributed by atoms with van der Waals surface area (Å²) in [6.45, 7) is -0.277. The topological polar surface area (TPSA) is 97.8 Å². The normalized spacial score (nSPS) is 11.5. The summed E-state index contributed by atoms with van der Waals surface area (Å²) in [6.07, 6.45) is -0.652. The van der Waals surface area contributed by atoms with Crippen LogP contribution in [0.4, 0.5) is 25.1 Å². The van der Waals surface area contributed by atoms with E-state index in [0.29, 0.717) is 0 Å². The molecule has 0 aliphatic carbocycles. The number of nitrogens with two attached hydrogens (primary N) is 1. The van der Waals surface area contributed by atoms with Gasteiger partial charge in [-0.15, -0.1) is 0 Å². The molecule has 0 aromatic carbocycles. The predicted molar refractivity (Wildman–Crippen MR) is 68.7 cm³/mol. The van der Waals surface area contributed by atoms with Crippen molar-refractivity contribution in [2.45, 2.75) is 12.6 Å². The second-order valence-electron chi connectivity index (χ2n) is 4.16. The van der Waals surface area contributed by atoms with Gasteiger partial charge < -0.3 is 4.90 Å². The van der Waals surface area contributed by atoms with Crippen LogP contribution in [-0.2, 0) is 0 Å². The van der Waals surface area contributed by atoms with Crippen LogP contribution in [0.3, 0.4) is 0 Å². The maximum Gasteiger partial charge on any atom is 0.390 e. The third-order valence-corrected chi connectivity index (χ3v) is 2.55. The fraction of sp³-hybridized carbons (Fsp3) is 0.400. The van der Waals surface area contributed by atoms with Crippen LogP contribution in [0.5, 0.6) is 0 Å². The van der Waals surface area contributed by atoms with Gasteiger partial charge in [-0.1, -0.05) is 0 Å². The average Bonchev–Trinajstić information content (AvgIpc) is 2.97. The first-order valence-corrected chi connectivity index (χ1v) is 5.88. The van der Waals surface area contributed by atoms with Crippen molar-refractivity contribution in [2.24, 2.45) is 5.84 Å². The van der Waals surface area contributed by atoms with Crippen molar-refractivity contribution in [2.75, 3.05) is 23.9 Å². The number of anilines is 2. The number of hydrazine groups is 1. The highest BCUT2D eigenvalue weighted by atomic mass is 19.4. The molecule has 3 N–H and O–H groups in total. The molecule has 11 heteroatoms. The molecule has 21 heavy (non-hydrogen) atoms. The molecule has 0 fully saturated rings. The number of nitrogens with zero attached hydrogens (tertiary/aromatic N) is 6. The van der Waals surface area contributed by atoms with Crippen molar-refractivity contribution in [3.8, 4) is 5.95 Å². The number of hydrogen-bond donors (Lipinski definition) is 2. The number of hydrogen-bond acceptors (Lipinski definition) is 7. The van der Waals surface area contributed by atoms with Crippen molar-refractivity contribution in [1.29, 1.82) is 0 Å². The first-order chi connectivity index (χ1) is 9.89. The molecule has 0 spiro atoms. The summed E-state index contributed by atoms with van der Waals surface area (Å²) < 4.78 is 38.3. The average molecular weight is 302 g/mol. The molecule has 0 saturated heterocycles. The lowest BCUT2D eigenvalue weighted by Gasteiger charge is -2.18. The molecule has 0 bridgehead atoms. The van der Waals surface area contributed by atoms with Crippen molar-refractivity contribution >= 4 is 11.9 Å². The minimum atomic E-state index is -4.25. The zero-order chi connectivity index (χ0) is 15.5. The SMILES string of the molecule is CN(CCC(F)(F)F)c1nc(NN)nc(-n2ccnc2)n1. The van der Waals surface area contributed by atoms with Gasteiger partial charge in [0.2, 0.25) is 17.8 Å². The zero-order valence-corrected chi connectivity index (χ0v) is 11.0. The van der Waals surface area contributed by atoms with Gasteiger partial charge in [-0.05, 0) is 0 Å². The molecular formula is C10H13F3N8. The minimum Gasteiger partial charge on any atom is -0.343 e. The van der Waals surface area contributed by atoms with Crippen LogP contribution in [0, 0.1) is 0 Å². The molecule has 2 aromatic rings. The Morgan fingerprint density at radius 1 is 1.33 bits per heavy atom. The first-order valence-electron chi connectivity index (χ1n) is 5.88. The molecule has 0 unspecified atom stereocenters. The molecule has 0 amide bonds. The Bertz CT molecular complexity index is 582. The van der Waals surface area contributed by atoms with Gasteiger partial charge in [0.1, 0.15) is 6.33 Å². The summed E-state index contributed by atoms with van der Waals surface area (Å²) in [5.74, 6) is 5.58. The fourth-order valence-electron chi connectivity index (χ4n) is 1.48. The van der Waals surface area contributed by atoms with Crippen LogP contribution in [0.2, 0.25) is 0 Å². The first kappa shape index (κ1) is 15.0. The van der Waals surface area contributed by atoms with E-state index in [4.69, 9.17) is 5.84 Å². The summed E-state index contributed by atoms with van der Waals surface area (Å²) >= 11 is 0. The van der Waals surface area contributed by atoms with Crippen LogP contribution in [-0.4, -0.2) is 44.3 Å². The van der Waals surface area contributed by atoms with Gasteiger partial charge in [-0.2, -0.15) is 28.1 Å². The molecule has 114 valence electrons. The molecule has 0 atom stereocenters. The van der Waals surface area contributed by atoms with Gasteiger partial charge in [0.05, 0.1) is 6.42 Å². The Labute approximate surface area is 117 Å². The monoisotopic (exact) mass is 302 g/mol. The van der Waals surface area contributed by atoms with Gasteiger partial charge in [0.25, 0.3) is 0 Å². The standard InChI is InChI=1S/C10H13F3N8/c1-20(4-2-10(11,12)13)8-16-7(19-14)17-9(18-8)21-5-3-15-6-21/h3,5-6H,2,4,14H2,1H3,(H,16,17,18,19). The van der Waals surface area contributed by atoms with E-state index in [0.717, 1.165) is 0 Å². The van der Waals surface area contributed by atoms with Crippen LogP contribution < -0.4 is 16.2 Å². The zero-order valence-electron chi connectivity index (χ0n) is 11.0. The lowest BCUT2D eigenvalue weighted by molar-refractivity contribution is -0.132. The Morgan fingerprint density at radius 2 is 2.10 bits per heavy atom. The summed E-state index contributed by atoms with van der Waals surface area (Å²) in [6, 6.07) is 0. The molecule has 2 aromatic heterocycles. The van der Waals surface area contributed by atoms with Crippen LogP contribution in [0.1, 0.15) is 6.42 Å². The van der Waals surface area contributed by atoms with Crippen molar-refractivity contribution in [3.05, 3.63) is 18.7 Å². The van der Waals surface area contributed by atoms with Gasteiger partial charge >= 0.3 is 6.18 Å². The van der Waals surface area contributed by atoms with E-state index >= 15 is 0 Å². The highest BCUT2D eigenvalue weighted by Gasteiger charge is 2.27. The summed E-state index contributed by atoms with van der Waals surface area (Å²) in [5, 5.41) is 0. The second kappa shape index (κ2) is 5.91. The predicted octanol–water partition coefficient (Wildman–Crippen LogP) is 0.732. The largest absolute Gasteiger partial charge is 0.390 e. The van der Waals surface area contributed by atoms with Gasteiger partial charge in [-0.25, -0.2) is 10.8 Å². The lowest BCUT2D eigenvalue weighted by atomic mass is 10.4. The number of imidazole rings is 1. The Morgan fingerprint density at radius 3 is 2.67 bits per heavy atom. The maximum absolute atomic E-state index is 12.3. The Hall–Kier alpha value is -2.43. The summed E-state index contributed by atoms with van der Waals surface area (Å²) in [4.78, 5) is 17.1. The quantitative estimate of drug-likeness (QED) is 0.620. The van der Waals surface area contributed by atoms with Crippen LogP contribution in [0.15, 0.2) is 18.7 Å². The van der Waals surface area contributed by atoms with E-state index in [1.807, 2.05) is 0 Å². The van der Waals surface area contributed by atoms with E-state index < -0.39 is 12.6 Å².